The molecule has 0 aliphatic carbocycles. The fourth-order valence-corrected chi connectivity index (χ4v) is 4.56. The topological polar surface area (TPSA) is 63.5 Å². The van der Waals surface area contributed by atoms with Gasteiger partial charge in [0.25, 0.3) is 0 Å². The summed E-state index contributed by atoms with van der Waals surface area (Å²) in [7, 11) is 2.01. The molecule has 8 heteroatoms. The lowest BCUT2D eigenvalue weighted by molar-refractivity contribution is 0.0543. The molecule has 3 heterocycles. The van der Waals surface area contributed by atoms with Crippen molar-refractivity contribution in [3.8, 4) is 0 Å². The molecule has 0 radical (unpaired) electrons. The van der Waals surface area contributed by atoms with Gasteiger partial charge in [-0.05, 0) is 51.3 Å². The fraction of sp³-hybridized carbons (Fsp3) is 0.480. The van der Waals surface area contributed by atoms with Crippen molar-refractivity contribution in [3.05, 3.63) is 53.3 Å². The molecule has 1 aliphatic rings. The smallest absolute Gasteiger partial charge is 0.420 e. The molecule has 2 atom stereocenters. The van der Waals surface area contributed by atoms with E-state index in [2.05, 4.69) is 46.0 Å². The number of benzene rings is 1. The van der Waals surface area contributed by atoms with Crippen LogP contribution in [-0.2, 0) is 11.3 Å². The van der Waals surface area contributed by atoms with Crippen LogP contribution in [0.15, 0.2) is 42.6 Å². The van der Waals surface area contributed by atoms with Gasteiger partial charge in [-0.1, -0.05) is 48.9 Å². The van der Waals surface area contributed by atoms with Crippen LogP contribution in [0, 0.1) is 5.92 Å². The van der Waals surface area contributed by atoms with Crippen LogP contribution in [0.1, 0.15) is 39.7 Å². The molecule has 0 saturated carbocycles. The summed E-state index contributed by atoms with van der Waals surface area (Å²) in [6, 6.07) is 12.5. The minimum atomic E-state index is -0.607. The lowest BCUT2D eigenvalue weighted by Crippen LogP contribution is -2.51. The van der Waals surface area contributed by atoms with Crippen molar-refractivity contribution >= 4 is 34.7 Å². The SMILES string of the molecule is C[C@@H]1CCN(Cc2ccccc2)C[C@@H]1N(C)c1nc(Cl)c2ccn(C(=O)OC(C)(C)C)c2n1. The molecule has 0 unspecified atom stereocenters. The molecule has 0 spiro atoms. The standard InChI is InChI=1S/C25H32ClN5O2/c1-17-11-13-30(15-18-9-7-6-8-10-18)16-20(17)29(5)23-27-21(26)19-12-14-31(22(19)28-23)24(32)33-25(2,3)4/h6-10,12,14,17,20H,11,13,15-16H2,1-5H3/t17-,20+/m1/s1. The number of piperidine rings is 1. The third-order valence-corrected chi connectivity index (χ3v) is 6.43. The van der Waals surface area contributed by atoms with Gasteiger partial charge in [0, 0.05) is 32.4 Å². The molecule has 1 fully saturated rings. The van der Waals surface area contributed by atoms with E-state index in [1.165, 1.54) is 10.1 Å². The fourth-order valence-electron chi connectivity index (χ4n) is 4.34. The molecule has 176 valence electrons. The number of hydrogen-bond donors (Lipinski definition) is 0. The maximum Gasteiger partial charge on any atom is 0.420 e. The van der Waals surface area contributed by atoms with Gasteiger partial charge in [0.15, 0.2) is 5.65 Å². The summed E-state index contributed by atoms with van der Waals surface area (Å²) in [5, 5.41) is 0.954. The number of ether oxygens (including phenoxy) is 1. The summed E-state index contributed by atoms with van der Waals surface area (Å²) in [6.07, 6.45) is 2.24. The van der Waals surface area contributed by atoms with Crippen LogP contribution in [0.2, 0.25) is 5.15 Å². The van der Waals surface area contributed by atoms with E-state index in [0.29, 0.717) is 28.1 Å². The highest BCUT2D eigenvalue weighted by atomic mass is 35.5. The van der Waals surface area contributed by atoms with E-state index < -0.39 is 11.7 Å². The molecule has 1 saturated heterocycles. The van der Waals surface area contributed by atoms with E-state index in [0.717, 1.165) is 26.1 Å². The largest absolute Gasteiger partial charge is 0.443 e. The molecule has 4 rings (SSSR count). The summed E-state index contributed by atoms with van der Waals surface area (Å²) in [5.41, 5.74) is 1.16. The molecule has 0 N–H and O–H groups in total. The molecule has 0 amide bonds. The molecule has 0 bridgehead atoms. The molecule has 7 nitrogen and oxygen atoms in total. The van der Waals surface area contributed by atoms with Gasteiger partial charge in [0.2, 0.25) is 5.95 Å². The maximum atomic E-state index is 12.7. The zero-order valence-electron chi connectivity index (χ0n) is 20.0. The Morgan fingerprint density at radius 1 is 1.21 bits per heavy atom. The molecular formula is C25H32ClN5O2. The third kappa shape index (κ3) is 5.31. The number of rotatable bonds is 4. The number of halogens is 1. The van der Waals surface area contributed by atoms with Crippen molar-refractivity contribution in [1.29, 1.82) is 0 Å². The first-order chi connectivity index (χ1) is 15.6. The van der Waals surface area contributed by atoms with Crippen LogP contribution in [-0.4, -0.2) is 57.3 Å². The predicted molar refractivity (Wildman–Crippen MR) is 132 cm³/mol. The summed E-state index contributed by atoms with van der Waals surface area (Å²) in [4.78, 5) is 26.6. The van der Waals surface area contributed by atoms with E-state index in [1.807, 2.05) is 33.9 Å². The van der Waals surface area contributed by atoms with Crippen LogP contribution >= 0.6 is 11.6 Å². The Morgan fingerprint density at radius 3 is 2.64 bits per heavy atom. The minimum Gasteiger partial charge on any atom is -0.443 e. The molecule has 33 heavy (non-hydrogen) atoms. The second kappa shape index (κ2) is 9.31. The average Bonchev–Trinajstić information content (AvgIpc) is 3.19. The average molecular weight is 470 g/mol. The summed E-state index contributed by atoms with van der Waals surface area (Å²) >= 11 is 6.52. The molecule has 2 aromatic heterocycles. The Labute approximate surface area is 200 Å². The van der Waals surface area contributed by atoms with E-state index in [4.69, 9.17) is 21.3 Å². The van der Waals surface area contributed by atoms with Crippen molar-refractivity contribution in [3.63, 3.8) is 0 Å². The first-order valence-corrected chi connectivity index (χ1v) is 11.8. The highest BCUT2D eigenvalue weighted by Gasteiger charge is 2.31. The number of nitrogens with zero attached hydrogens (tertiary/aromatic N) is 5. The number of hydrogen-bond acceptors (Lipinski definition) is 6. The Hall–Kier alpha value is -2.64. The first-order valence-electron chi connectivity index (χ1n) is 11.4. The zero-order chi connectivity index (χ0) is 23.8. The first kappa shape index (κ1) is 23.5. The van der Waals surface area contributed by atoms with Gasteiger partial charge >= 0.3 is 6.09 Å². The molecule has 3 aromatic rings. The van der Waals surface area contributed by atoms with Crippen molar-refractivity contribution in [2.45, 2.75) is 52.3 Å². The third-order valence-electron chi connectivity index (χ3n) is 6.14. The van der Waals surface area contributed by atoms with Crippen molar-refractivity contribution in [1.82, 2.24) is 19.4 Å². The molecular weight excluding hydrogens is 438 g/mol. The van der Waals surface area contributed by atoms with E-state index in [9.17, 15) is 4.79 Å². The highest BCUT2D eigenvalue weighted by Crippen LogP contribution is 2.29. The summed E-state index contributed by atoms with van der Waals surface area (Å²) < 4.78 is 6.94. The Morgan fingerprint density at radius 2 is 1.94 bits per heavy atom. The van der Waals surface area contributed by atoms with Crippen molar-refractivity contribution < 1.29 is 9.53 Å². The number of carbonyl (C=O) groups is 1. The lowest BCUT2D eigenvalue weighted by Gasteiger charge is -2.41. The van der Waals surface area contributed by atoms with Gasteiger partial charge in [-0.15, -0.1) is 0 Å². The number of anilines is 1. The van der Waals surface area contributed by atoms with Gasteiger partial charge in [-0.2, -0.15) is 4.98 Å². The molecule has 1 aromatic carbocycles. The normalized spacial score (nSPS) is 19.6. The zero-order valence-corrected chi connectivity index (χ0v) is 20.7. The number of aromatic nitrogens is 3. The lowest BCUT2D eigenvalue weighted by atomic mass is 9.92. The summed E-state index contributed by atoms with van der Waals surface area (Å²) in [6.45, 7) is 10.7. The van der Waals surface area contributed by atoms with Gasteiger partial charge in [-0.3, -0.25) is 4.90 Å². The monoisotopic (exact) mass is 469 g/mol. The van der Waals surface area contributed by atoms with E-state index >= 15 is 0 Å². The Bertz CT molecular complexity index is 1130. The van der Waals surface area contributed by atoms with Crippen LogP contribution < -0.4 is 4.90 Å². The number of carbonyl (C=O) groups excluding carboxylic acids is 1. The second-order valence-electron chi connectivity index (χ2n) is 9.88. The number of fused-ring (bicyclic) bond motifs is 1. The predicted octanol–water partition coefficient (Wildman–Crippen LogP) is 5.21. The van der Waals surface area contributed by atoms with E-state index in [-0.39, 0.29) is 6.04 Å². The molecule has 1 aliphatic heterocycles. The van der Waals surface area contributed by atoms with Crippen molar-refractivity contribution in [2.75, 3.05) is 25.0 Å². The Balaban J connectivity index is 1.59. The van der Waals surface area contributed by atoms with Gasteiger partial charge in [-0.25, -0.2) is 14.3 Å². The van der Waals surface area contributed by atoms with Crippen LogP contribution in [0.25, 0.3) is 11.0 Å². The van der Waals surface area contributed by atoms with Crippen LogP contribution in [0.5, 0.6) is 0 Å². The van der Waals surface area contributed by atoms with Crippen LogP contribution in [0.4, 0.5) is 10.7 Å². The summed E-state index contributed by atoms with van der Waals surface area (Å²) in [5.74, 6) is 0.979. The van der Waals surface area contributed by atoms with Gasteiger partial charge in [0.1, 0.15) is 10.8 Å². The van der Waals surface area contributed by atoms with Crippen molar-refractivity contribution in [2.24, 2.45) is 5.92 Å². The van der Waals surface area contributed by atoms with Gasteiger partial charge in [0.05, 0.1) is 5.39 Å². The van der Waals surface area contributed by atoms with E-state index in [1.54, 1.807) is 12.3 Å². The second-order valence-corrected chi connectivity index (χ2v) is 10.2. The van der Waals surface area contributed by atoms with Gasteiger partial charge < -0.3 is 9.64 Å². The quantitative estimate of drug-likeness (QED) is 0.488. The number of likely N-dealkylation sites (tertiary alicyclic amines) is 1. The number of likely N-dealkylation sites (N-methyl/N-ethyl adjacent to an activating group) is 1. The maximum absolute atomic E-state index is 12.7. The Kier molecular flexibility index (Phi) is 6.64. The highest BCUT2D eigenvalue weighted by molar-refractivity contribution is 6.34. The minimum absolute atomic E-state index is 0.223. The van der Waals surface area contributed by atoms with Crippen LogP contribution in [0.3, 0.4) is 0 Å².